The molecular weight excluding hydrogens is 222 g/mol. The average molecular weight is 236 g/mol. The van der Waals surface area contributed by atoms with Crippen molar-refractivity contribution in [3.05, 3.63) is 22.4 Å². The highest BCUT2D eigenvalue weighted by Gasteiger charge is 2.27. The van der Waals surface area contributed by atoms with E-state index in [0.717, 1.165) is 4.88 Å². The third kappa shape index (κ3) is 4.71. The maximum absolute atomic E-state index is 12.3. The zero-order chi connectivity index (χ0) is 11.5. The average Bonchev–Trinajstić information content (AvgIpc) is 2.52. The van der Waals surface area contributed by atoms with Crippen LogP contribution in [0.4, 0.5) is 12.9 Å². The van der Waals surface area contributed by atoms with Crippen molar-refractivity contribution in [3.63, 3.8) is 0 Å². The molecule has 0 spiro atoms. The van der Waals surface area contributed by atoms with Crippen LogP contribution in [-0.4, -0.2) is 24.4 Å². The predicted octanol–water partition coefficient (Wildman–Crippen LogP) is 3.35. The summed E-state index contributed by atoms with van der Waals surface area (Å²) in [5.74, 6) is 0. The zero-order valence-electron chi connectivity index (χ0n) is 8.79. The van der Waals surface area contributed by atoms with Crippen LogP contribution in [0.5, 0.6) is 0 Å². The van der Waals surface area contributed by atoms with Gasteiger partial charge in [-0.1, -0.05) is 6.07 Å². The number of hydrogen-bond donors (Lipinski definition) is 0. The van der Waals surface area contributed by atoms with E-state index in [1.54, 1.807) is 13.8 Å². The van der Waals surface area contributed by atoms with Gasteiger partial charge in [-0.25, -0.2) is 0 Å². The second-order valence-corrected chi connectivity index (χ2v) is 4.85. The van der Waals surface area contributed by atoms with E-state index in [1.807, 2.05) is 17.5 Å². The van der Waals surface area contributed by atoms with Gasteiger partial charge in [0.15, 0.2) is 0 Å². The third-order valence-corrected chi connectivity index (χ3v) is 2.97. The SMILES string of the molecule is CC(C)N(Cc1cccs1)C[B-](F)(F)F. The fraction of sp³-hybridized carbons (Fsp3) is 0.556. The first-order valence-electron chi connectivity index (χ1n) is 4.86. The molecule has 0 aliphatic rings. The molecule has 15 heavy (non-hydrogen) atoms. The number of nitrogens with zero attached hydrogens (tertiary/aromatic N) is 1. The normalized spacial score (nSPS) is 12.7. The van der Waals surface area contributed by atoms with E-state index in [4.69, 9.17) is 0 Å². The summed E-state index contributed by atoms with van der Waals surface area (Å²) in [7, 11) is 0. The molecule has 0 N–H and O–H groups in total. The Balaban J connectivity index is 2.59. The summed E-state index contributed by atoms with van der Waals surface area (Å²) in [6.07, 6.45) is -0.782. The highest BCUT2D eigenvalue weighted by molar-refractivity contribution is 7.09. The van der Waals surface area contributed by atoms with Crippen LogP contribution in [0.3, 0.4) is 0 Å². The van der Waals surface area contributed by atoms with Crippen molar-refractivity contribution in [1.82, 2.24) is 4.90 Å². The van der Waals surface area contributed by atoms with Crippen molar-refractivity contribution in [2.24, 2.45) is 0 Å². The number of thiophene rings is 1. The lowest BCUT2D eigenvalue weighted by Crippen LogP contribution is -2.41. The Morgan fingerprint density at radius 1 is 1.40 bits per heavy atom. The van der Waals surface area contributed by atoms with Crippen LogP contribution in [0.2, 0.25) is 0 Å². The molecule has 0 saturated carbocycles. The molecule has 6 heteroatoms. The molecule has 1 aromatic rings. The summed E-state index contributed by atoms with van der Waals surface area (Å²) in [4.78, 5) is 2.43. The van der Waals surface area contributed by atoms with Gasteiger partial charge in [0, 0.05) is 17.5 Å². The van der Waals surface area contributed by atoms with Gasteiger partial charge in [0.05, 0.1) is 0 Å². The van der Waals surface area contributed by atoms with Gasteiger partial charge in [-0.3, -0.25) is 0 Å². The predicted molar refractivity (Wildman–Crippen MR) is 58.9 cm³/mol. The van der Waals surface area contributed by atoms with E-state index < -0.39 is 13.4 Å². The molecule has 86 valence electrons. The maximum atomic E-state index is 12.3. The van der Waals surface area contributed by atoms with Gasteiger partial charge in [0.2, 0.25) is 0 Å². The molecule has 1 aromatic heterocycles. The molecule has 0 aromatic carbocycles. The van der Waals surface area contributed by atoms with Crippen molar-refractivity contribution in [3.8, 4) is 0 Å². The largest absolute Gasteiger partial charge is 0.492 e. The minimum absolute atomic E-state index is 0.0874. The van der Waals surface area contributed by atoms with Gasteiger partial charge in [0.25, 0.3) is 0 Å². The van der Waals surface area contributed by atoms with E-state index in [0.29, 0.717) is 6.54 Å². The Hall–Kier alpha value is -0.485. The molecule has 0 fully saturated rings. The van der Waals surface area contributed by atoms with Gasteiger partial charge in [-0.05, 0) is 31.7 Å². The summed E-state index contributed by atoms with van der Waals surface area (Å²) in [5.41, 5.74) is 0. The third-order valence-electron chi connectivity index (χ3n) is 2.11. The molecule has 0 bridgehead atoms. The van der Waals surface area contributed by atoms with Crippen LogP contribution in [0.25, 0.3) is 0 Å². The number of rotatable bonds is 5. The molecule has 0 unspecified atom stereocenters. The fourth-order valence-corrected chi connectivity index (χ4v) is 2.06. The molecule has 0 aliphatic heterocycles. The van der Waals surface area contributed by atoms with E-state index in [2.05, 4.69) is 0 Å². The van der Waals surface area contributed by atoms with Gasteiger partial charge in [-0.2, -0.15) is 0 Å². The zero-order valence-corrected chi connectivity index (χ0v) is 9.61. The summed E-state index contributed by atoms with van der Waals surface area (Å²) in [6, 6.07) is 3.64. The Kier molecular flexibility index (Phi) is 4.22. The summed E-state index contributed by atoms with van der Waals surface area (Å²) < 4.78 is 37.0. The Labute approximate surface area is 92.0 Å². The van der Waals surface area contributed by atoms with E-state index >= 15 is 0 Å². The molecule has 0 atom stereocenters. The van der Waals surface area contributed by atoms with Crippen molar-refractivity contribution < 1.29 is 12.9 Å². The Bertz CT molecular complexity index is 284. The van der Waals surface area contributed by atoms with Gasteiger partial charge >= 0.3 is 6.98 Å². The Morgan fingerprint density at radius 3 is 2.47 bits per heavy atom. The minimum atomic E-state index is -4.74. The van der Waals surface area contributed by atoms with E-state index in [1.165, 1.54) is 16.2 Å². The summed E-state index contributed by atoms with van der Waals surface area (Å²) in [6.45, 7) is -0.777. The molecule has 0 saturated heterocycles. The molecular formula is C9H14BF3NS-. The number of halogens is 3. The van der Waals surface area contributed by atoms with E-state index in [-0.39, 0.29) is 6.04 Å². The van der Waals surface area contributed by atoms with Crippen molar-refractivity contribution in [2.75, 3.05) is 6.44 Å². The summed E-state index contributed by atoms with van der Waals surface area (Å²) >= 11 is 1.49. The van der Waals surface area contributed by atoms with Crippen molar-refractivity contribution >= 4 is 18.3 Å². The van der Waals surface area contributed by atoms with Crippen LogP contribution in [0, 0.1) is 0 Å². The van der Waals surface area contributed by atoms with Gasteiger partial charge < -0.3 is 17.8 Å². The lowest BCUT2D eigenvalue weighted by Gasteiger charge is -2.30. The number of hydrogen-bond acceptors (Lipinski definition) is 2. The van der Waals surface area contributed by atoms with Crippen molar-refractivity contribution in [1.29, 1.82) is 0 Å². The molecule has 0 amide bonds. The first kappa shape index (κ1) is 12.6. The minimum Gasteiger partial charge on any atom is -0.448 e. The lowest BCUT2D eigenvalue weighted by molar-refractivity contribution is 0.224. The fourth-order valence-electron chi connectivity index (χ4n) is 1.33. The second-order valence-electron chi connectivity index (χ2n) is 3.81. The van der Waals surface area contributed by atoms with Crippen LogP contribution in [0.1, 0.15) is 18.7 Å². The van der Waals surface area contributed by atoms with Crippen LogP contribution in [-0.2, 0) is 6.54 Å². The van der Waals surface area contributed by atoms with Gasteiger partial charge in [0.1, 0.15) is 0 Å². The molecule has 1 heterocycles. The van der Waals surface area contributed by atoms with Gasteiger partial charge in [-0.15, -0.1) is 11.3 Å². The first-order chi connectivity index (χ1) is 6.88. The molecule has 0 radical (unpaired) electrons. The molecule has 1 rings (SSSR count). The lowest BCUT2D eigenvalue weighted by atomic mass is 9.90. The first-order valence-corrected chi connectivity index (χ1v) is 5.74. The highest BCUT2D eigenvalue weighted by Crippen LogP contribution is 2.18. The summed E-state index contributed by atoms with van der Waals surface area (Å²) in [5, 5.41) is 1.88. The van der Waals surface area contributed by atoms with Crippen LogP contribution >= 0.6 is 11.3 Å². The molecule has 1 nitrogen and oxygen atoms in total. The van der Waals surface area contributed by atoms with Crippen LogP contribution in [0.15, 0.2) is 17.5 Å². The van der Waals surface area contributed by atoms with Crippen molar-refractivity contribution in [2.45, 2.75) is 26.4 Å². The van der Waals surface area contributed by atoms with Crippen LogP contribution < -0.4 is 0 Å². The molecule has 0 aliphatic carbocycles. The standard InChI is InChI=1S/C9H14BF3NS/c1-8(2)14(7-10(11,12)13)6-9-4-3-5-15-9/h3-5,8H,6-7H2,1-2H3/q-1. The smallest absolute Gasteiger partial charge is 0.448 e. The Morgan fingerprint density at radius 2 is 2.07 bits per heavy atom. The second kappa shape index (κ2) is 5.03. The topological polar surface area (TPSA) is 3.24 Å². The quantitative estimate of drug-likeness (QED) is 0.708. The maximum Gasteiger partial charge on any atom is 0.492 e. The van der Waals surface area contributed by atoms with E-state index in [9.17, 15) is 12.9 Å². The highest BCUT2D eigenvalue weighted by atomic mass is 32.1. The monoisotopic (exact) mass is 236 g/mol.